The molecule has 0 saturated heterocycles. The molecule has 2 nitrogen and oxygen atoms in total. The zero-order chi connectivity index (χ0) is 11.9. The third kappa shape index (κ3) is 1.61. The van der Waals surface area contributed by atoms with Gasteiger partial charge in [0.25, 0.3) is 0 Å². The number of nitrogens with two attached hydrogens (primary N) is 1. The van der Waals surface area contributed by atoms with Gasteiger partial charge in [0.15, 0.2) is 0 Å². The summed E-state index contributed by atoms with van der Waals surface area (Å²) >= 11 is 6.18. The van der Waals surface area contributed by atoms with E-state index in [-0.39, 0.29) is 11.5 Å². The highest BCUT2D eigenvalue weighted by atomic mass is 35.5. The molecule has 1 saturated carbocycles. The lowest BCUT2D eigenvalue weighted by molar-refractivity contribution is 0.397. The highest BCUT2D eigenvalue weighted by Gasteiger charge is 2.50. The maximum Gasteiger partial charge on any atom is 0.123 e. The molecule has 1 fully saturated rings. The van der Waals surface area contributed by atoms with Gasteiger partial charge in [-0.2, -0.15) is 0 Å². The normalized spacial score (nSPS) is 19.3. The minimum Gasteiger partial charge on any atom is -0.496 e. The third-order valence-corrected chi connectivity index (χ3v) is 4.15. The van der Waals surface area contributed by atoms with Crippen molar-refractivity contribution in [2.45, 2.75) is 38.1 Å². The first-order chi connectivity index (χ1) is 7.53. The second kappa shape index (κ2) is 3.94. The zero-order valence-electron chi connectivity index (χ0n) is 10.0. The lowest BCUT2D eigenvalue weighted by Gasteiger charge is -2.25. The molecule has 2 N–H and O–H groups in total. The average molecular weight is 240 g/mol. The van der Waals surface area contributed by atoms with Crippen LogP contribution in [-0.4, -0.2) is 13.2 Å². The smallest absolute Gasteiger partial charge is 0.123 e. The number of methoxy groups -OCH3 is 1. The lowest BCUT2D eigenvalue weighted by atomic mass is 9.85. The molecule has 16 heavy (non-hydrogen) atoms. The standard InChI is InChI=1S/C13H18ClNO/c1-8-10(14)4-5-11(16-3)12(8)13(6-7-13)9(2)15/h4-5,9H,6-7,15H2,1-3H3. The fourth-order valence-electron chi connectivity index (χ4n) is 2.52. The van der Waals surface area contributed by atoms with E-state index in [1.54, 1.807) is 7.11 Å². The number of benzene rings is 1. The molecule has 0 spiro atoms. The van der Waals surface area contributed by atoms with Crippen LogP contribution >= 0.6 is 11.6 Å². The Balaban J connectivity index is 2.58. The quantitative estimate of drug-likeness (QED) is 0.880. The third-order valence-electron chi connectivity index (χ3n) is 3.74. The minimum absolute atomic E-state index is 0.0837. The summed E-state index contributed by atoms with van der Waals surface area (Å²) in [5, 5.41) is 0.794. The van der Waals surface area contributed by atoms with E-state index in [1.165, 1.54) is 5.56 Å². The van der Waals surface area contributed by atoms with Crippen molar-refractivity contribution < 1.29 is 4.74 Å². The first-order valence-corrected chi connectivity index (χ1v) is 6.00. The van der Waals surface area contributed by atoms with Gasteiger partial charge in [-0.15, -0.1) is 0 Å². The molecular weight excluding hydrogens is 222 g/mol. The molecule has 3 heteroatoms. The van der Waals surface area contributed by atoms with Crippen LogP contribution in [0.25, 0.3) is 0 Å². The molecule has 1 aromatic rings. The molecule has 0 bridgehead atoms. The Morgan fingerprint density at radius 1 is 1.44 bits per heavy atom. The van der Waals surface area contributed by atoms with Gasteiger partial charge in [0, 0.05) is 22.0 Å². The lowest BCUT2D eigenvalue weighted by Crippen LogP contribution is -2.32. The minimum atomic E-state index is 0.0837. The van der Waals surface area contributed by atoms with E-state index in [1.807, 2.05) is 19.1 Å². The largest absolute Gasteiger partial charge is 0.496 e. The molecule has 0 radical (unpaired) electrons. The SMILES string of the molecule is COc1ccc(Cl)c(C)c1C1(C(C)N)CC1. The molecule has 1 aliphatic rings. The fraction of sp³-hybridized carbons (Fsp3) is 0.538. The molecule has 0 aromatic heterocycles. The van der Waals surface area contributed by atoms with Crippen LogP contribution < -0.4 is 10.5 Å². The Morgan fingerprint density at radius 3 is 2.50 bits per heavy atom. The van der Waals surface area contributed by atoms with Crippen LogP contribution in [0.2, 0.25) is 5.02 Å². The number of hydrogen-bond acceptors (Lipinski definition) is 2. The van der Waals surface area contributed by atoms with E-state index in [0.29, 0.717) is 0 Å². The number of halogens is 1. The topological polar surface area (TPSA) is 35.2 Å². The van der Waals surface area contributed by atoms with Crippen LogP contribution in [0.4, 0.5) is 0 Å². The number of hydrogen-bond donors (Lipinski definition) is 1. The van der Waals surface area contributed by atoms with Crippen molar-refractivity contribution in [3.05, 3.63) is 28.3 Å². The van der Waals surface area contributed by atoms with Crippen molar-refractivity contribution in [2.24, 2.45) is 5.73 Å². The van der Waals surface area contributed by atoms with Crippen molar-refractivity contribution in [3.8, 4) is 5.75 Å². The van der Waals surface area contributed by atoms with Gasteiger partial charge >= 0.3 is 0 Å². The molecule has 88 valence electrons. The Bertz CT molecular complexity index is 411. The van der Waals surface area contributed by atoms with Gasteiger partial charge < -0.3 is 10.5 Å². The number of rotatable bonds is 3. The summed E-state index contributed by atoms with van der Waals surface area (Å²) in [6.07, 6.45) is 2.25. The van der Waals surface area contributed by atoms with E-state index in [2.05, 4.69) is 6.92 Å². The summed E-state index contributed by atoms with van der Waals surface area (Å²) in [7, 11) is 1.70. The summed E-state index contributed by atoms with van der Waals surface area (Å²) in [6, 6.07) is 3.96. The Labute approximate surface area is 102 Å². The summed E-state index contributed by atoms with van der Waals surface area (Å²) in [4.78, 5) is 0. The molecule has 2 rings (SSSR count). The second-order valence-electron chi connectivity index (χ2n) is 4.69. The van der Waals surface area contributed by atoms with Crippen LogP contribution in [0, 0.1) is 6.92 Å². The molecule has 1 aromatic carbocycles. The van der Waals surface area contributed by atoms with Gasteiger partial charge in [-0.05, 0) is 44.4 Å². The highest BCUT2D eigenvalue weighted by Crippen LogP contribution is 2.55. The summed E-state index contributed by atoms with van der Waals surface area (Å²) in [5.74, 6) is 0.914. The maximum atomic E-state index is 6.18. The predicted octanol–water partition coefficient (Wildman–Crippen LogP) is 3.04. The molecule has 1 atom stereocenters. The predicted molar refractivity (Wildman–Crippen MR) is 67.3 cm³/mol. The van der Waals surface area contributed by atoms with Gasteiger partial charge in [-0.25, -0.2) is 0 Å². The molecule has 0 heterocycles. The molecular formula is C13H18ClNO. The molecule has 1 unspecified atom stereocenters. The van der Waals surface area contributed by atoms with Crippen LogP contribution in [0.5, 0.6) is 5.75 Å². The van der Waals surface area contributed by atoms with Gasteiger partial charge in [-0.1, -0.05) is 11.6 Å². The Morgan fingerprint density at radius 2 is 2.06 bits per heavy atom. The average Bonchev–Trinajstić information content (AvgIpc) is 3.03. The van der Waals surface area contributed by atoms with Gasteiger partial charge in [-0.3, -0.25) is 0 Å². The van der Waals surface area contributed by atoms with E-state index >= 15 is 0 Å². The van der Waals surface area contributed by atoms with Crippen molar-refractivity contribution >= 4 is 11.6 Å². The summed E-state index contributed by atoms with van der Waals surface area (Å²) in [5.41, 5.74) is 8.51. The van der Waals surface area contributed by atoms with E-state index < -0.39 is 0 Å². The highest BCUT2D eigenvalue weighted by molar-refractivity contribution is 6.31. The van der Waals surface area contributed by atoms with Crippen LogP contribution in [0.15, 0.2) is 12.1 Å². The second-order valence-corrected chi connectivity index (χ2v) is 5.10. The summed E-state index contributed by atoms with van der Waals surface area (Å²) < 4.78 is 5.44. The van der Waals surface area contributed by atoms with E-state index in [9.17, 15) is 0 Å². The Hall–Kier alpha value is -0.730. The summed E-state index contributed by atoms with van der Waals surface area (Å²) in [6.45, 7) is 4.11. The van der Waals surface area contributed by atoms with Gasteiger partial charge in [0.05, 0.1) is 7.11 Å². The monoisotopic (exact) mass is 239 g/mol. The number of ether oxygens (including phenoxy) is 1. The van der Waals surface area contributed by atoms with Crippen molar-refractivity contribution in [3.63, 3.8) is 0 Å². The fourth-order valence-corrected chi connectivity index (χ4v) is 2.68. The molecule has 1 aliphatic carbocycles. The van der Waals surface area contributed by atoms with E-state index in [4.69, 9.17) is 22.1 Å². The van der Waals surface area contributed by atoms with Crippen molar-refractivity contribution in [1.82, 2.24) is 0 Å². The molecule has 0 amide bonds. The van der Waals surface area contributed by atoms with Crippen LogP contribution in [0.3, 0.4) is 0 Å². The zero-order valence-corrected chi connectivity index (χ0v) is 10.8. The van der Waals surface area contributed by atoms with Crippen LogP contribution in [-0.2, 0) is 5.41 Å². The van der Waals surface area contributed by atoms with Crippen molar-refractivity contribution in [1.29, 1.82) is 0 Å². The van der Waals surface area contributed by atoms with Gasteiger partial charge in [0.2, 0.25) is 0 Å². The molecule has 0 aliphatic heterocycles. The maximum absolute atomic E-state index is 6.18. The first kappa shape index (κ1) is 11.7. The van der Waals surface area contributed by atoms with Crippen molar-refractivity contribution in [2.75, 3.05) is 7.11 Å². The van der Waals surface area contributed by atoms with Crippen LogP contribution in [0.1, 0.15) is 30.9 Å². The first-order valence-electron chi connectivity index (χ1n) is 5.62. The van der Waals surface area contributed by atoms with Gasteiger partial charge in [0.1, 0.15) is 5.75 Å². The van der Waals surface area contributed by atoms with E-state index in [0.717, 1.165) is 29.2 Å². The Kier molecular flexibility index (Phi) is 2.89.